The second kappa shape index (κ2) is 6.62. The summed E-state index contributed by atoms with van der Waals surface area (Å²) in [5.74, 6) is -0.454. The van der Waals surface area contributed by atoms with E-state index in [1.165, 1.54) is 0 Å². The third-order valence-corrected chi connectivity index (χ3v) is 4.42. The van der Waals surface area contributed by atoms with E-state index in [-0.39, 0.29) is 18.7 Å². The molecule has 1 aromatic rings. The van der Waals surface area contributed by atoms with Crippen molar-refractivity contribution in [3.05, 3.63) is 29.8 Å². The van der Waals surface area contributed by atoms with Crippen molar-refractivity contribution in [2.75, 3.05) is 37.7 Å². The Hall–Kier alpha value is -2.77. The van der Waals surface area contributed by atoms with E-state index in [0.29, 0.717) is 31.7 Å². The van der Waals surface area contributed by atoms with E-state index < -0.39 is 11.5 Å². The molecule has 2 fully saturated rings. The highest BCUT2D eigenvalue weighted by Crippen LogP contribution is 2.20. The van der Waals surface area contributed by atoms with Crippen LogP contribution in [-0.2, 0) is 4.74 Å². The highest BCUT2D eigenvalue weighted by atomic mass is 16.5. The van der Waals surface area contributed by atoms with Crippen molar-refractivity contribution < 1.29 is 19.1 Å². The molecule has 4 amide bonds. The Morgan fingerprint density at radius 2 is 1.72 bits per heavy atom. The van der Waals surface area contributed by atoms with E-state index in [4.69, 9.17) is 4.74 Å². The van der Waals surface area contributed by atoms with E-state index in [2.05, 4.69) is 10.6 Å². The van der Waals surface area contributed by atoms with Crippen LogP contribution in [0.2, 0.25) is 0 Å². The van der Waals surface area contributed by atoms with Gasteiger partial charge in [-0.25, -0.2) is 14.4 Å². The van der Waals surface area contributed by atoms with Gasteiger partial charge in [-0.3, -0.25) is 4.90 Å². The quantitative estimate of drug-likeness (QED) is 0.783. The van der Waals surface area contributed by atoms with Gasteiger partial charge in [-0.1, -0.05) is 0 Å². The minimum Gasteiger partial charge on any atom is -0.460 e. The number of nitrogens with zero attached hydrogens (tertiary/aromatic N) is 2. The summed E-state index contributed by atoms with van der Waals surface area (Å²) in [5.41, 5.74) is 0.565. The van der Waals surface area contributed by atoms with Crippen molar-refractivity contribution in [2.24, 2.45) is 0 Å². The minimum absolute atomic E-state index is 0.107. The highest BCUT2D eigenvalue weighted by Gasteiger charge is 2.35. The Balaban J connectivity index is 1.59. The van der Waals surface area contributed by atoms with Crippen molar-refractivity contribution in [3.8, 4) is 0 Å². The third kappa shape index (κ3) is 3.52. The zero-order valence-corrected chi connectivity index (χ0v) is 14.4. The second-order valence-electron chi connectivity index (χ2n) is 6.70. The lowest BCUT2D eigenvalue weighted by Gasteiger charge is -2.33. The molecule has 134 valence electrons. The molecule has 2 heterocycles. The topological polar surface area (TPSA) is 91.0 Å². The molecule has 2 N–H and O–H groups in total. The first kappa shape index (κ1) is 17.1. The normalized spacial score (nSPS) is 17.5. The number of amides is 4. The zero-order chi connectivity index (χ0) is 18.0. The van der Waals surface area contributed by atoms with Crippen LogP contribution in [0, 0.1) is 0 Å². The number of rotatable bonds is 5. The lowest BCUT2D eigenvalue weighted by Crippen LogP contribution is -2.49. The summed E-state index contributed by atoms with van der Waals surface area (Å²) < 4.78 is 5.39. The van der Waals surface area contributed by atoms with Crippen molar-refractivity contribution in [2.45, 2.75) is 19.4 Å². The van der Waals surface area contributed by atoms with E-state index >= 15 is 0 Å². The van der Waals surface area contributed by atoms with Crippen LogP contribution in [0.15, 0.2) is 24.3 Å². The molecule has 0 saturated carbocycles. The van der Waals surface area contributed by atoms with E-state index in [1.54, 1.807) is 34.1 Å². The first-order valence-corrected chi connectivity index (χ1v) is 8.26. The Morgan fingerprint density at radius 1 is 1.08 bits per heavy atom. The van der Waals surface area contributed by atoms with Gasteiger partial charge in [0, 0.05) is 31.9 Å². The van der Waals surface area contributed by atoms with Crippen LogP contribution in [0.3, 0.4) is 0 Å². The second-order valence-corrected chi connectivity index (χ2v) is 6.70. The number of carbonyl (C=O) groups is 3. The van der Waals surface area contributed by atoms with E-state index in [9.17, 15) is 14.4 Å². The Bertz CT molecular complexity index is 686. The number of urea groups is 2. The number of esters is 1. The maximum absolute atomic E-state index is 12.3. The lowest BCUT2D eigenvalue weighted by atomic mass is 10.1. The van der Waals surface area contributed by atoms with E-state index in [1.807, 2.05) is 13.8 Å². The largest absolute Gasteiger partial charge is 0.460 e. The number of benzene rings is 1. The number of ether oxygens (including phenoxy) is 1. The van der Waals surface area contributed by atoms with Crippen LogP contribution in [0.5, 0.6) is 0 Å². The zero-order valence-electron chi connectivity index (χ0n) is 14.4. The maximum atomic E-state index is 12.3. The van der Waals surface area contributed by atoms with Crippen LogP contribution >= 0.6 is 0 Å². The van der Waals surface area contributed by atoms with Crippen LogP contribution in [0.4, 0.5) is 15.3 Å². The Morgan fingerprint density at radius 3 is 2.28 bits per heavy atom. The van der Waals surface area contributed by atoms with Gasteiger partial charge in [0.1, 0.15) is 6.61 Å². The van der Waals surface area contributed by atoms with Gasteiger partial charge in [-0.15, -0.1) is 0 Å². The standard InChI is InChI=1S/C17H22N4O4/c1-17(2,21-10-8-19-16(21)24)11-25-14(22)12-3-5-13(6-4-12)20-9-7-18-15(20)23/h3-6H,7-11H2,1-2H3,(H,18,23)(H,19,24). The molecule has 0 atom stereocenters. The smallest absolute Gasteiger partial charge is 0.338 e. The lowest BCUT2D eigenvalue weighted by molar-refractivity contribution is 0.0263. The molecule has 2 aliphatic rings. The SMILES string of the molecule is CC(C)(COC(=O)c1ccc(N2CCNC2=O)cc1)N1CCNC1=O. The van der Waals surface area contributed by atoms with Gasteiger partial charge in [0.15, 0.2) is 0 Å². The summed E-state index contributed by atoms with van der Waals surface area (Å²) in [6.45, 7) is 6.24. The summed E-state index contributed by atoms with van der Waals surface area (Å²) in [5, 5.41) is 5.47. The highest BCUT2D eigenvalue weighted by molar-refractivity contribution is 5.95. The van der Waals surface area contributed by atoms with Crippen LogP contribution in [0.1, 0.15) is 24.2 Å². The monoisotopic (exact) mass is 346 g/mol. The molecule has 0 unspecified atom stereocenters. The average molecular weight is 346 g/mol. The van der Waals surface area contributed by atoms with Crippen LogP contribution in [-0.4, -0.2) is 61.3 Å². The van der Waals surface area contributed by atoms with Gasteiger partial charge in [-0.05, 0) is 38.1 Å². The Labute approximate surface area is 146 Å². The molecular weight excluding hydrogens is 324 g/mol. The number of hydrogen-bond acceptors (Lipinski definition) is 4. The number of hydrogen-bond donors (Lipinski definition) is 2. The Kier molecular flexibility index (Phi) is 4.52. The number of nitrogens with one attached hydrogen (secondary N) is 2. The number of anilines is 1. The molecule has 25 heavy (non-hydrogen) atoms. The summed E-state index contributed by atoms with van der Waals surface area (Å²) in [7, 11) is 0. The van der Waals surface area contributed by atoms with Crippen molar-refractivity contribution in [1.29, 1.82) is 0 Å². The summed E-state index contributed by atoms with van der Waals surface area (Å²) >= 11 is 0. The van der Waals surface area contributed by atoms with Gasteiger partial charge >= 0.3 is 18.0 Å². The molecular formula is C17H22N4O4. The first-order valence-electron chi connectivity index (χ1n) is 8.26. The summed E-state index contributed by atoms with van der Waals surface area (Å²) in [6, 6.07) is 6.44. The van der Waals surface area contributed by atoms with Gasteiger partial charge in [0.2, 0.25) is 0 Å². The van der Waals surface area contributed by atoms with Crippen molar-refractivity contribution >= 4 is 23.7 Å². The molecule has 0 spiro atoms. The predicted molar refractivity (Wildman–Crippen MR) is 91.7 cm³/mol. The molecule has 3 rings (SSSR count). The first-order chi connectivity index (χ1) is 11.9. The molecule has 0 aliphatic carbocycles. The molecule has 2 aliphatic heterocycles. The molecule has 0 radical (unpaired) electrons. The maximum Gasteiger partial charge on any atom is 0.338 e. The van der Waals surface area contributed by atoms with Crippen LogP contribution in [0.25, 0.3) is 0 Å². The summed E-state index contributed by atoms with van der Waals surface area (Å²) in [4.78, 5) is 38.9. The molecule has 8 nitrogen and oxygen atoms in total. The van der Waals surface area contributed by atoms with Gasteiger partial charge in [-0.2, -0.15) is 0 Å². The third-order valence-electron chi connectivity index (χ3n) is 4.42. The predicted octanol–water partition coefficient (Wildman–Crippen LogP) is 1.18. The number of carbonyl (C=O) groups excluding carboxylic acids is 3. The molecule has 2 saturated heterocycles. The van der Waals surface area contributed by atoms with Gasteiger partial charge in [0.05, 0.1) is 11.1 Å². The van der Waals surface area contributed by atoms with Crippen molar-refractivity contribution in [1.82, 2.24) is 15.5 Å². The molecule has 8 heteroatoms. The molecule has 0 bridgehead atoms. The van der Waals surface area contributed by atoms with Gasteiger partial charge in [0.25, 0.3) is 0 Å². The van der Waals surface area contributed by atoms with Gasteiger partial charge < -0.3 is 20.3 Å². The average Bonchev–Trinajstić information content (AvgIpc) is 3.21. The summed E-state index contributed by atoms with van der Waals surface area (Å²) in [6.07, 6.45) is 0. The van der Waals surface area contributed by atoms with Crippen molar-refractivity contribution in [3.63, 3.8) is 0 Å². The molecule has 1 aromatic carbocycles. The fourth-order valence-electron chi connectivity index (χ4n) is 2.95. The minimum atomic E-state index is -0.580. The van der Waals surface area contributed by atoms with E-state index in [0.717, 1.165) is 5.69 Å². The molecule has 0 aromatic heterocycles. The van der Waals surface area contributed by atoms with Crippen LogP contribution < -0.4 is 15.5 Å². The fourth-order valence-corrected chi connectivity index (χ4v) is 2.95. The fraction of sp³-hybridized carbons (Fsp3) is 0.471.